The van der Waals surface area contributed by atoms with Crippen LogP contribution in [0.5, 0.6) is 5.75 Å². The van der Waals surface area contributed by atoms with Gasteiger partial charge in [-0.05, 0) is 38.7 Å². The maximum absolute atomic E-state index is 5.37. The van der Waals surface area contributed by atoms with E-state index in [1.165, 1.54) is 0 Å². The Labute approximate surface area is 128 Å². The van der Waals surface area contributed by atoms with E-state index in [1.54, 1.807) is 7.11 Å². The number of rotatable bonds is 9. The molecule has 0 aromatic heterocycles. The van der Waals surface area contributed by atoms with Gasteiger partial charge in [0.2, 0.25) is 0 Å². The predicted molar refractivity (Wildman–Crippen MR) is 88.9 cm³/mol. The highest BCUT2D eigenvalue weighted by molar-refractivity contribution is 5.98. The monoisotopic (exact) mass is 290 g/mol. The molecule has 21 heavy (non-hydrogen) atoms. The molecular weight excluding hydrogens is 264 g/mol. The first kappa shape index (κ1) is 17.2. The zero-order valence-corrected chi connectivity index (χ0v) is 13.5. The van der Waals surface area contributed by atoms with Gasteiger partial charge < -0.3 is 14.5 Å². The zero-order valence-electron chi connectivity index (χ0n) is 13.5. The number of ether oxygens (including phenoxy) is 1. The second kappa shape index (κ2) is 10.00. The summed E-state index contributed by atoms with van der Waals surface area (Å²) >= 11 is 0. The van der Waals surface area contributed by atoms with Crippen LogP contribution in [-0.4, -0.2) is 45.0 Å². The molecule has 0 bridgehead atoms. The molecule has 0 spiro atoms. The van der Waals surface area contributed by atoms with Crippen molar-refractivity contribution in [3.05, 3.63) is 35.9 Å². The summed E-state index contributed by atoms with van der Waals surface area (Å²) in [5.41, 5.74) is 1.99. The largest absolute Gasteiger partial charge is 0.496 e. The molecule has 0 aliphatic heterocycles. The van der Waals surface area contributed by atoms with Crippen molar-refractivity contribution in [2.45, 2.75) is 19.8 Å². The Morgan fingerprint density at radius 1 is 1.29 bits per heavy atom. The standard InChI is InChI=1S/C17H26N2O2/c1-5-8-16(18-21-14-13-19(2)3)12-11-15-9-6-7-10-17(15)20-4/h6-7,9-12H,5,8,13-14H2,1-4H3/b12-11+,18-16+. The molecule has 0 amide bonds. The summed E-state index contributed by atoms with van der Waals surface area (Å²) < 4.78 is 5.33. The van der Waals surface area contributed by atoms with E-state index in [0.717, 1.165) is 36.4 Å². The summed E-state index contributed by atoms with van der Waals surface area (Å²) in [6, 6.07) is 7.92. The van der Waals surface area contributed by atoms with Gasteiger partial charge in [0.25, 0.3) is 0 Å². The lowest BCUT2D eigenvalue weighted by Crippen LogP contribution is -2.17. The van der Waals surface area contributed by atoms with Crippen molar-refractivity contribution in [1.29, 1.82) is 0 Å². The lowest BCUT2D eigenvalue weighted by atomic mass is 10.1. The fourth-order valence-corrected chi connectivity index (χ4v) is 1.76. The maximum Gasteiger partial charge on any atom is 0.129 e. The molecule has 0 saturated heterocycles. The molecular formula is C17H26N2O2. The van der Waals surface area contributed by atoms with Gasteiger partial charge in [0.1, 0.15) is 12.4 Å². The van der Waals surface area contributed by atoms with Gasteiger partial charge in [-0.1, -0.05) is 36.7 Å². The fraction of sp³-hybridized carbons (Fsp3) is 0.471. The van der Waals surface area contributed by atoms with Crippen LogP contribution in [0.2, 0.25) is 0 Å². The van der Waals surface area contributed by atoms with Crippen molar-refractivity contribution in [3.63, 3.8) is 0 Å². The van der Waals surface area contributed by atoms with Crippen molar-refractivity contribution < 1.29 is 9.57 Å². The first-order valence-electron chi connectivity index (χ1n) is 7.32. The van der Waals surface area contributed by atoms with E-state index in [0.29, 0.717) is 6.61 Å². The van der Waals surface area contributed by atoms with Crippen LogP contribution in [0.15, 0.2) is 35.5 Å². The summed E-state index contributed by atoms with van der Waals surface area (Å²) in [5, 5.41) is 4.22. The van der Waals surface area contributed by atoms with Gasteiger partial charge in [-0.3, -0.25) is 0 Å². The number of oxime groups is 1. The average Bonchev–Trinajstić information content (AvgIpc) is 2.49. The van der Waals surface area contributed by atoms with Crippen LogP contribution in [0.4, 0.5) is 0 Å². The third-order valence-electron chi connectivity index (χ3n) is 2.91. The Morgan fingerprint density at radius 2 is 2.05 bits per heavy atom. The minimum Gasteiger partial charge on any atom is -0.496 e. The lowest BCUT2D eigenvalue weighted by molar-refractivity contribution is 0.125. The number of nitrogens with zero attached hydrogens (tertiary/aromatic N) is 2. The van der Waals surface area contributed by atoms with Crippen molar-refractivity contribution in [2.75, 3.05) is 34.4 Å². The fourth-order valence-electron chi connectivity index (χ4n) is 1.76. The third kappa shape index (κ3) is 6.95. The Morgan fingerprint density at radius 3 is 2.71 bits per heavy atom. The van der Waals surface area contributed by atoms with E-state index in [4.69, 9.17) is 9.57 Å². The molecule has 1 aromatic carbocycles. The Hall–Kier alpha value is -1.81. The van der Waals surface area contributed by atoms with Crippen molar-refractivity contribution >= 4 is 11.8 Å². The van der Waals surface area contributed by atoms with E-state index in [2.05, 4.69) is 17.0 Å². The second-order valence-corrected chi connectivity index (χ2v) is 5.04. The minimum atomic E-state index is 0.600. The van der Waals surface area contributed by atoms with E-state index in [9.17, 15) is 0 Å². The highest BCUT2D eigenvalue weighted by Crippen LogP contribution is 2.18. The molecule has 0 N–H and O–H groups in total. The van der Waals surface area contributed by atoms with Crippen LogP contribution in [0, 0.1) is 0 Å². The van der Waals surface area contributed by atoms with E-state index >= 15 is 0 Å². The second-order valence-electron chi connectivity index (χ2n) is 5.04. The Balaban J connectivity index is 2.68. The van der Waals surface area contributed by atoms with Crippen LogP contribution < -0.4 is 4.74 Å². The minimum absolute atomic E-state index is 0.600. The summed E-state index contributed by atoms with van der Waals surface area (Å²) in [6.45, 7) is 3.59. The number of allylic oxidation sites excluding steroid dienone is 1. The molecule has 1 aromatic rings. The first-order chi connectivity index (χ1) is 10.2. The highest BCUT2D eigenvalue weighted by atomic mass is 16.6. The Bertz CT molecular complexity index is 468. The molecule has 4 heteroatoms. The molecule has 1 rings (SSSR count). The van der Waals surface area contributed by atoms with Gasteiger partial charge in [-0.15, -0.1) is 0 Å². The van der Waals surface area contributed by atoms with Gasteiger partial charge in [0, 0.05) is 12.1 Å². The summed E-state index contributed by atoms with van der Waals surface area (Å²) in [6.07, 6.45) is 5.94. The lowest BCUT2D eigenvalue weighted by Gasteiger charge is -2.08. The van der Waals surface area contributed by atoms with Gasteiger partial charge in [-0.2, -0.15) is 0 Å². The quantitative estimate of drug-likeness (QED) is 0.397. The molecule has 0 fully saturated rings. The average molecular weight is 290 g/mol. The van der Waals surface area contributed by atoms with Gasteiger partial charge >= 0.3 is 0 Å². The maximum atomic E-state index is 5.37. The molecule has 0 aliphatic carbocycles. The Kier molecular flexibility index (Phi) is 8.21. The number of hydrogen-bond donors (Lipinski definition) is 0. The van der Waals surface area contributed by atoms with Crippen LogP contribution in [0.1, 0.15) is 25.3 Å². The molecule has 0 atom stereocenters. The van der Waals surface area contributed by atoms with Gasteiger partial charge in [0.15, 0.2) is 0 Å². The van der Waals surface area contributed by atoms with Gasteiger partial charge in [-0.25, -0.2) is 0 Å². The van der Waals surface area contributed by atoms with Crippen LogP contribution in [0.25, 0.3) is 6.08 Å². The third-order valence-corrected chi connectivity index (χ3v) is 2.91. The van der Waals surface area contributed by atoms with Crippen molar-refractivity contribution in [2.24, 2.45) is 5.16 Å². The first-order valence-corrected chi connectivity index (χ1v) is 7.32. The summed E-state index contributed by atoms with van der Waals surface area (Å²) in [7, 11) is 5.71. The van der Waals surface area contributed by atoms with Crippen LogP contribution in [-0.2, 0) is 4.84 Å². The normalized spacial score (nSPS) is 12.1. The molecule has 0 aliphatic rings. The molecule has 0 radical (unpaired) electrons. The van der Waals surface area contributed by atoms with Gasteiger partial charge in [0.05, 0.1) is 12.8 Å². The number of likely N-dealkylation sites (N-methyl/N-ethyl adjacent to an activating group) is 1. The van der Waals surface area contributed by atoms with E-state index < -0.39 is 0 Å². The molecule has 4 nitrogen and oxygen atoms in total. The van der Waals surface area contributed by atoms with Crippen LogP contribution in [0.3, 0.4) is 0 Å². The number of para-hydroxylation sites is 1. The van der Waals surface area contributed by atoms with Crippen LogP contribution >= 0.6 is 0 Å². The number of methoxy groups -OCH3 is 1. The smallest absolute Gasteiger partial charge is 0.129 e. The highest BCUT2D eigenvalue weighted by Gasteiger charge is 1.99. The van der Waals surface area contributed by atoms with Crippen molar-refractivity contribution in [3.8, 4) is 5.75 Å². The van der Waals surface area contributed by atoms with E-state index in [1.807, 2.05) is 50.5 Å². The molecule has 116 valence electrons. The predicted octanol–water partition coefficient (Wildman–Crippen LogP) is 3.44. The topological polar surface area (TPSA) is 34.1 Å². The zero-order chi connectivity index (χ0) is 15.5. The molecule has 0 unspecified atom stereocenters. The molecule has 0 saturated carbocycles. The van der Waals surface area contributed by atoms with Crippen molar-refractivity contribution in [1.82, 2.24) is 4.90 Å². The number of benzene rings is 1. The summed E-state index contributed by atoms with van der Waals surface area (Å²) in [5.74, 6) is 0.859. The SMILES string of the molecule is CCCC(/C=C/c1ccccc1OC)=N\OCCN(C)C. The number of hydrogen-bond acceptors (Lipinski definition) is 4. The summed E-state index contributed by atoms with van der Waals surface area (Å²) in [4.78, 5) is 7.44. The van der Waals surface area contributed by atoms with E-state index in [-0.39, 0.29) is 0 Å². The molecule has 0 heterocycles.